The predicted molar refractivity (Wildman–Crippen MR) is 65.1 cm³/mol. The largest absolute Gasteiger partial charge is 0.398 e. The van der Waals surface area contributed by atoms with Crippen molar-refractivity contribution in [1.82, 2.24) is 0 Å². The molecule has 0 saturated heterocycles. The second-order valence-electron chi connectivity index (χ2n) is 3.51. The Morgan fingerprint density at radius 1 is 1.00 bits per heavy atom. The summed E-state index contributed by atoms with van der Waals surface area (Å²) in [7, 11) is 0. The lowest BCUT2D eigenvalue weighted by molar-refractivity contribution is 1.20. The van der Waals surface area contributed by atoms with Crippen LogP contribution in [0.5, 0.6) is 0 Å². The summed E-state index contributed by atoms with van der Waals surface area (Å²) in [4.78, 5) is 0. The summed E-state index contributed by atoms with van der Waals surface area (Å²) in [5, 5.41) is 0.685. The zero-order valence-electron chi connectivity index (χ0n) is 8.28. The molecule has 1 nitrogen and oxygen atoms in total. The summed E-state index contributed by atoms with van der Waals surface area (Å²) in [6.45, 7) is 0. The summed E-state index contributed by atoms with van der Waals surface area (Å²) >= 11 is 5.84. The zero-order chi connectivity index (χ0) is 10.7. The third-order valence-electron chi connectivity index (χ3n) is 2.35. The lowest BCUT2D eigenvalue weighted by Crippen LogP contribution is -1.95. The van der Waals surface area contributed by atoms with Crippen LogP contribution in [-0.2, 0) is 6.42 Å². The van der Waals surface area contributed by atoms with Gasteiger partial charge >= 0.3 is 0 Å². The maximum atomic E-state index is 5.88. The highest BCUT2D eigenvalue weighted by molar-refractivity contribution is 6.30. The van der Waals surface area contributed by atoms with Crippen LogP contribution in [0.25, 0.3) is 0 Å². The Bertz CT molecular complexity index is 451. The van der Waals surface area contributed by atoms with Gasteiger partial charge < -0.3 is 5.73 Å². The third kappa shape index (κ3) is 2.51. The van der Waals surface area contributed by atoms with E-state index in [4.69, 9.17) is 17.3 Å². The van der Waals surface area contributed by atoms with Crippen molar-refractivity contribution in [2.75, 3.05) is 5.73 Å². The van der Waals surface area contributed by atoms with E-state index in [1.165, 1.54) is 5.56 Å². The smallest absolute Gasteiger partial charge is 0.0426 e. The van der Waals surface area contributed by atoms with Crippen LogP contribution in [-0.4, -0.2) is 0 Å². The number of benzene rings is 2. The molecule has 0 unspecified atom stereocenters. The van der Waals surface area contributed by atoms with Crippen LogP contribution in [0.15, 0.2) is 48.5 Å². The van der Waals surface area contributed by atoms with Gasteiger partial charge in [0.2, 0.25) is 0 Å². The van der Waals surface area contributed by atoms with Gasteiger partial charge in [-0.15, -0.1) is 0 Å². The molecule has 0 bridgehead atoms. The first-order chi connectivity index (χ1) is 7.25. The predicted octanol–water partition coefficient (Wildman–Crippen LogP) is 3.51. The van der Waals surface area contributed by atoms with Crippen molar-refractivity contribution in [2.24, 2.45) is 0 Å². The fourth-order valence-corrected chi connectivity index (χ4v) is 1.72. The number of anilines is 1. The average molecular weight is 218 g/mol. The molecule has 0 fully saturated rings. The molecule has 0 aliphatic rings. The highest BCUT2D eigenvalue weighted by Gasteiger charge is 2.00. The van der Waals surface area contributed by atoms with Crippen LogP contribution in [0.3, 0.4) is 0 Å². The fourth-order valence-electron chi connectivity index (χ4n) is 1.54. The quantitative estimate of drug-likeness (QED) is 0.766. The Hall–Kier alpha value is -1.47. The summed E-state index contributed by atoms with van der Waals surface area (Å²) in [6, 6.07) is 15.9. The van der Waals surface area contributed by atoms with Gasteiger partial charge in [-0.3, -0.25) is 0 Å². The van der Waals surface area contributed by atoms with Crippen LogP contribution >= 0.6 is 11.6 Å². The van der Waals surface area contributed by atoms with Gasteiger partial charge in [0.1, 0.15) is 0 Å². The maximum Gasteiger partial charge on any atom is 0.0426 e. The molecule has 0 aliphatic heterocycles. The molecule has 2 aromatic carbocycles. The maximum absolute atomic E-state index is 5.88. The van der Waals surface area contributed by atoms with Gasteiger partial charge in [-0.05, 0) is 29.7 Å². The van der Waals surface area contributed by atoms with Gasteiger partial charge in [0.05, 0.1) is 0 Å². The van der Waals surface area contributed by atoms with Crippen LogP contribution in [0.4, 0.5) is 5.69 Å². The van der Waals surface area contributed by atoms with E-state index in [0.29, 0.717) is 5.02 Å². The van der Waals surface area contributed by atoms with E-state index in [-0.39, 0.29) is 0 Å². The van der Waals surface area contributed by atoms with Crippen molar-refractivity contribution in [3.05, 3.63) is 64.7 Å². The molecular weight excluding hydrogens is 206 g/mol. The number of hydrogen-bond acceptors (Lipinski definition) is 1. The van der Waals surface area contributed by atoms with Crippen LogP contribution < -0.4 is 5.73 Å². The molecule has 2 aromatic rings. The van der Waals surface area contributed by atoms with E-state index in [9.17, 15) is 0 Å². The van der Waals surface area contributed by atoms with E-state index in [1.807, 2.05) is 30.3 Å². The number of nitrogen functional groups attached to an aromatic ring is 1. The molecular formula is C13H12ClN. The Balaban J connectivity index is 2.25. The number of halogens is 1. The monoisotopic (exact) mass is 217 g/mol. The van der Waals surface area contributed by atoms with E-state index >= 15 is 0 Å². The summed E-state index contributed by atoms with van der Waals surface area (Å²) in [6.07, 6.45) is 0.851. The highest BCUT2D eigenvalue weighted by atomic mass is 35.5. The molecule has 0 saturated carbocycles. The molecule has 0 spiro atoms. The standard InChI is InChI=1S/C13H12ClN/c14-12-7-6-11(13(15)9-12)8-10-4-2-1-3-5-10/h1-7,9H,8,15H2. The van der Waals surface area contributed by atoms with Crippen LogP contribution in [0, 0.1) is 0 Å². The van der Waals surface area contributed by atoms with E-state index in [2.05, 4.69) is 12.1 Å². The van der Waals surface area contributed by atoms with Crippen LogP contribution in [0.1, 0.15) is 11.1 Å². The molecule has 0 radical (unpaired) electrons. The van der Waals surface area contributed by atoms with Gasteiger partial charge in [0.25, 0.3) is 0 Å². The Kier molecular flexibility index (Phi) is 2.93. The Labute approximate surface area is 94.5 Å². The van der Waals surface area contributed by atoms with Crippen molar-refractivity contribution >= 4 is 17.3 Å². The molecule has 76 valence electrons. The molecule has 0 atom stereocenters. The summed E-state index contributed by atoms with van der Waals surface area (Å²) < 4.78 is 0. The van der Waals surface area contributed by atoms with Crippen molar-refractivity contribution in [3.8, 4) is 0 Å². The van der Waals surface area contributed by atoms with Crippen molar-refractivity contribution in [3.63, 3.8) is 0 Å². The first-order valence-corrected chi connectivity index (χ1v) is 5.21. The molecule has 2 heteroatoms. The number of hydrogen-bond donors (Lipinski definition) is 1. The first-order valence-electron chi connectivity index (χ1n) is 4.83. The van der Waals surface area contributed by atoms with Crippen LogP contribution in [0.2, 0.25) is 5.02 Å². The highest BCUT2D eigenvalue weighted by Crippen LogP contribution is 2.20. The molecule has 15 heavy (non-hydrogen) atoms. The topological polar surface area (TPSA) is 26.0 Å². The Morgan fingerprint density at radius 2 is 1.73 bits per heavy atom. The lowest BCUT2D eigenvalue weighted by Gasteiger charge is -2.05. The van der Waals surface area contributed by atoms with E-state index in [0.717, 1.165) is 17.7 Å². The summed E-state index contributed by atoms with van der Waals surface area (Å²) in [5.41, 5.74) is 9.01. The molecule has 2 N–H and O–H groups in total. The first kappa shape index (κ1) is 10.1. The minimum absolute atomic E-state index is 0.685. The Morgan fingerprint density at radius 3 is 2.40 bits per heavy atom. The summed E-state index contributed by atoms with van der Waals surface area (Å²) in [5.74, 6) is 0. The molecule has 2 rings (SSSR count). The van der Waals surface area contributed by atoms with Gasteiger partial charge in [0.15, 0.2) is 0 Å². The van der Waals surface area contributed by atoms with E-state index in [1.54, 1.807) is 6.07 Å². The molecule has 0 aliphatic carbocycles. The van der Waals surface area contributed by atoms with Gasteiger partial charge in [-0.25, -0.2) is 0 Å². The van der Waals surface area contributed by atoms with Gasteiger partial charge in [-0.2, -0.15) is 0 Å². The molecule has 0 heterocycles. The molecule has 0 amide bonds. The minimum atomic E-state index is 0.685. The number of rotatable bonds is 2. The zero-order valence-corrected chi connectivity index (χ0v) is 9.04. The van der Waals surface area contributed by atoms with E-state index < -0.39 is 0 Å². The fraction of sp³-hybridized carbons (Fsp3) is 0.0769. The second-order valence-corrected chi connectivity index (χ2v) is 3.94. The third-order valence-corrected chi connectivity index (χ3v) is 2.58. The van der Waals surface area contributed by atoms with Crippen molar-refractivity contribution in [1.29, 1.82) is 0 Å². The number of nitrogens with two attached hydrogens (primary N) is 1. The van der Waals surface area contributed by atoms with Crippen molar-refractivity contribution < 1.29 is 0 Å². The normalized spacial score (nSPS) is 10.2. The van der Waals surface area contributed by atoms with Gasteiger partial charge in [0, 0.05) is 10.7 Å². The SMILES string of the molecule is Nc1cc(Cl)ccc1Cc1ccccc1. The lowest BCUT2D eigenvalue weighted by atomic mass is 10.0. The molecule has 0 aromatic heterocycles. The van der Waals surface area contributed by atoms with Gasteiger partial charge in [-0.1, -0.05) is 48.0 Å². The second kappa shape index (κ2) is 4.37. The van der Waals surface area contributed by atoms with Crippen molar-refractivity contribution in [2.45, 2.75) is 6.42 Å². The minimum Gasteiger partial charge on any atom is -0.398 e. The average Bonchev–Trinajstić information content (AvgIpc) is 2.24.